The van der Waals surface area contributed by atoms with Crippen LogP contribution in [0.25, 0.3) is 0 Å². The number of carbonyl (C=O) groups excluding carboxylic acids is 2. The summed E-state index contributed by atoms with van der Waals surface area (Å²) in [6, 6.07) is 5.47. The van der Waals surface area contributed by atoms with Crippen LogP contribution in [0, 0.1) is 5.92 Å². The van der Waals surface area contributed by atoms with Gasteiger partial charge in [-0.05, 0) is 53.9 Å². The molecular weight excluding hydrogens is 402 g/mol. The normalized spacial score (nSPS) is 18.4. The lowest BCUT2D eigenvalue weighted by Crippen LogP contribution is -2.42. The van der Waals surface area contributed by atoms with Gasteiger partial charge in [0.1, 0.15) is 0 Å². The second kappa shape index (κ2) is 7.40. The third-order valence-electron chi connectivity index (χ3n) is 3.49. The summed E-state index contributed by atoms with van der Waals surface area (Å²) in [6.07, 6.45) is 1.60. The molecule has 0 aliphatic carbocycles. The Hall–Kier alpha value is -0.880. The highest BCUT2D eigenvalue weighted by Gasteiger charge is 2.30. The minimum atomic E-state index is -0.211. The molecule has 1 aromatic rings. The number of nitrogens with zero attached hydrogens (tertiary/aromatic N) is 1. The number of esters is 1. The molecule has 0 saturated carbocycles. The number of hydrogen-bond acceptors (Lipinski definition) is 3. The van der Waals surface area contributed by atoms with Gasteiger partial charge in [-0.1, -0.05) is 15.9 Å². The van der Waals surface area contributed by atoms with E-state index in [0.717, 1.165) is 21.8 Å². The average molecular weight is 419 g/mol. The Labute approximate surface area is 141 Å². The monoisotopic (exact) mass is 417 g/mol. The van der Waals surface area contributed by atoms with E-state index in [0.29, 0.717) is 25.3 Å². The summed E-state index contributed by atoms with van der Waals surface area (Å²) in [7, 11) is 0. The SMILES string of the molecule is CCOC(=O)[C@H]1CCCN(C(=O)c2ccc(Br)cc2Br)C1. The van der Waals surface area contributed by atoms with Gasteiger partial charge in [-0.2, -0.15) is 0 Å². The highest BCUT2D eigenvalue weighted by atomic mass is 79.9. The van der Waals surface area contributed by atoms with E-state index in [4.69, 9.17) is 4.74 Å². The maximum absolute atomic E-state index is 12.6. The van der Waals surface area contributed by atoms with Crippen LogP contribution in [-0.2, 0) is 9.53 Å². The molecule has 1 atom stereocenters. The molecule has 1 aliphatic heterocycles. The highest BCUT2D eigenvalue weighted by molar-refractivity contribution is 9.11. The first-order valence-corrected chi connectivity index (χ1v) is 8.52. The lowest BCUT2D eigenvalue weighted by Gasteiger charge is -2.31. The standard InChI is InChI=1S/C15H17Br2NO3/c1-2-21-15(20)10-4-3-7-18(9-10)14(19)12-6-5-11(16)8-13(12)17/h5-6,8,10H,2-4,7,9H2,1H3/t10-/m0/s1. The van der Waals surface area contributed by atoms with Crippen molar-refractivity contribution in [2.75, 3.05) is 19.7 Å². The molecule has 0 bridgehead atoms. The summed E-state index contributed by atoms with van der Waals surface area (Å²) in [5, 5.41) is 0. The third kappa shape index (κ3) is 4.07. The Morgan fingerprint density at radius 3 is 2.81 bits per heavy atom. The zero-order valence-electron chi connectivity index (χ0n) is 11.8. The van der Waals surface area contributed by atoms with Crippen molar-refractivity contribution < 1.29 is 14.3 Å². The van der Waals surface area contributed by atoms with Crippen LogP contribution in [0.4, 0.5) is 0 Å². The van der Waals surface area contributed by atoms with Crippen LogP contribution < -0.4 is 0 Å². The number of benzene rings is 1. The van der Waals surface area contributed by atoms with Gasteiger partial charge >= 0.3 is 5.97 Å². The molecule has 1 saturated heterocycles. The molecule has 114 valence electrons. The van der Waals surface area contributed by atoms with Crippen molar-refractivity contribution in [2.45, 2.75) is 19.8 Å². The van der Waals surface area contributed by atoms with Crippen LogP contribution in [0.3, 0.4) is 0 Å². The Bertz CT molecular complexity index is 548. The van der Waals surface area contributed by atoms with E-state index in [1.807, 2.05) is 12.1 Å². The fourth-order valence-electron chi connectivity index (χ4n) is 2.45. The van der Waals surface area contributed by atoms with Crippen molar-refractivity contribution in [3.63, 3.8) is 0 Å². The van der Waals surface area contributed by atoms with Gasteiger partial charge in [-0.15, -0.1) is 0 Å². The molecule has 0 aromatic heterocycles. The zero-order valence-corrected chi connectivity index (χ0v) is 14.9. The Morgan fingerprint density at radius 1 is 1.38 bits per heavy atom. The topological polar surface area (TPSA) is 46.6 Å². The predicted octanol–water partition coefficient (Wildman–Crippen LogP) is 3.63. The van der Waals surface area contributed by atoms with Crippen LogP contribution in [0.5, 0.6) is 0 Å². The van der Waals surface area contributed by atoms with Crippen molar-refractivity contribution in [1.82, 2.24) is 4.90 Å². The quantitative estimate of drug-likeness (QED) is 0.704. The molecule has 0 N–H and O–H groups in total. The Morgan fingerprint density at radius 2 is 2.14 bits per heavy atom. The molecule has 6 heteroatoms. The van der Waals surface area contributed by atoms with E-state index in [2.05, 4.69) is 31.9 Å². The van der Waals surface area contributed by atoms with Crippen LogP contribution >= 0.6 is 31.9 Å². The van der Waals surface area contributed by atoms with E-state index in [-0.39, 0.29) is 17.8 Å². The molecule has 1 fully saturated rings. The number of halogens is 2. The maximum Gasteiger partial charge on any atom is 0.310 e. The number of hydrogen-bond donors (Lipinski definition) is 0. The van der Waals surface area contributed by atoms with Gasteiger partial charge in [0.05, 0.1) is 18.1 Å². The average Bonchev–Trinajstić information content (AvgIpc) is 2.47. The molecule has 1 aliphatic rings. The second-order valence-corrected chi connectivity index (χ2v) is 6.74. The molecule has 0 spiro atoms. The van der Waals surface area contributed by atoms with Crippen LogP contribution in [0.15, 0.2) is 27.1 Å². The Kier molecular flexibility index (Phi) is 5.81. The van der Waals surface area contributed by atoms with Gasteiger partial charge in [0.15, 0.2) is 0 Å². The molecule has 0 radical (unpaired) electrons. The molecule has 2 rings (SSSR count). The van der Waals surface area contributed by atoms with Crippen molar-refractivity contribution in [3.05, 3.63) is 32.7 Å². The second-order valence-electron chi connectivity index (χ2n) is 4.97. The third-order valence-corrected chi connectivity index (χ3v) is 4.64. The number of carbonyl (C=O) groups is 2. The molecule has 21 heavy (non-hydrogen) atoms. The first-order chi connectivity index (χ1) is 10.0. The summed E-state index contributed by atoms with van der Waals surface area (Å²) >= 11 is 6.79. The van der Waals surface area contributed by atoms with Crippen molar-refractivity contribution in [3.8, 4) is 0 Å². The molecule has 1 amide bonds. The first-order valence-electron chi connectivity index (χ1n) is 6.94. The fraction of sp³-hybridized carbons (Fsp3) is 0.467. The van der Waals surface area contributed by atoms with E-state index in [1.54, 1.807) is 17.9 Å². The number of amides is 1. The van der Waals surface area contributed by atoms with Gasteiger partial charge < -0.3 is 9.64 Å². The van der Waals surface area contributed by atoms with Crippen molar-refractivity contribution in [2.24, 2.45) is 5.92 Å². The maximum atomic E-state index is 12.6. The van der Waals surface area contributed by atoms with E-state index in [1.165, 1.54) is 0 Å². The van der Waals surface area contributed by atoms with Gasteiger partial charge in [-0.3, -0.25) is 9.59 Å². The van der Waals surface area contributed by atoms with Gasteiger partial charge in [0.2, 0.25) is 0 Å². The van der Waals surface area contributed by atoms with Gasteiger partial charge in [-0.25, -0.2) is 0 Å². The number of rotatable bonds is 3. The van der Waals surface area contributed by atoms with Crippen molar-refractivity contribution >= 4 is 43.7 Å². The zero-order chi connectivity index (χ0) is 15.4. The number of ether oxygens (including phenoxy) is 1. The smallest absolute Gasteiger partial charge is 0.310 e. The molecular formula is C15H17Br2NO3. The molecule has 1 aromatic carbocycles. The largest absolute Gasteiger partial charge is 0.466 e. The highest BCUT2D eigenvalue weighted by Crippen LogP contribution is 2.25. The Balaban J connectivity index is 2.10. The number of piperidine rings is 1. The minimum absolute atomic E-state index is 0.0524. The van der Waals surface area contributed by atoms with E-state index < -0.39 is 0 Å². The van der Waals surface area contributed by atoms with Crippen LogP contribution in [-0.4, -0.2) is 36.5 Å². The molecule has 4 nitrogen and oxygen atoms in total. The molecule has 1 heterocycles. The summed E-state index contributed by atoms with van der Waals surface area (Å²) in [5.74, 6) is -0.467. The lowest BCUT2D eigenvalue weighted by atomic mass is 9.97. The van der Waals surface area contributed by atoms with Crippen LogP contribution in [0.2, 0.25) is 0 Å². The predicted molar refractivity (Wildman–Crippen MR) is 87.1 cm³/mol. The van der Waals surface area contributed by atoms with Gasteiger partial charge in [0.25, 0.3) is 5.91 Å². The number of likely N-dealkylation sites (tertiary alicyclic amines) is 1. The lowest BCUT2D eigenvalue weighted by molar-refractivity contribution is -0.149. The summed E-state index contributed by atoms with van der Waals surface area (Å²) in [4.78, 5) is 26.2. The van der Waals surface area contributed by atoms with E-state index in [9.17, 15) is 9.59 Å². The molecule has 0 unspecified atom stereocenters. The minimum Gasteiger partial charge on any atom is -0.466 e. The summed E-state index contributed by atoms with van der Waals surface area (Å²) in [6.45, 7) is 3.28. The summed E-state index contributed by atoms with van der Waals surface area (Å²) in [5.41, 5.74) is 0.614. The van der Waals surface area contributed by atoms with E-state index >= 15 is 0 Å². The first kappa shape index (κ1) is 16.5. The van der Waals surface area contributed by atoms with Gasteiger partial charge in [0, 0.05) is 22.0 Å². The fourth-order valence-corrected chi connectivity index (χ4v) is 3.66. The van der Waals surface area contributed by atoms with Crippen molar-refractivity contribution in [1.29, 1.82) is 0 Å². The summed E-state index contributed by atoms with van der Waals surface area (Å²) < 4.78 is 6.72. The van der Waals surface area contributed by atoms with Crippen LogP contribution in [0.1, 0.15) is 30.1 Å².